The Bertz CT molecular complexity index is 280. The fourth-order valence-electron chi connectivity index (χ4n) is 1.56. The smallest absolute Gasteiger partial charge is 0.0407 e. The standard InChI is InChI=1S/C12H19ClN2/c1-3-10(8-14)9-15(2)12-6-4-11(13)5-7-12/h4-7,10H,3,8-9,14H2,1-2H3. The van der Waals surface area contributed by atoms with Crippen molar-refractivity contribution in [3.8, 4) is 0 Å². The second-order valence-corrected chi connectivity index (χ2v) is 4.30. The van der Waals surface area contributed by atoms with E-state index in [9.17, 15) is 0 Å². The molecule has 0 spiro atoms. The quantitative estimate of drug-likeness (QED) is 0.837. The van der Waals surface area contributed by atoms with Gasteiger partial charge in [-0.2, -0.15) is 0 Å². The van der Waals surface area contributed by atoms with Crippen LogP contribution >= 0.6 is 11.6 Å². The summed E-state index contributed by atoms with van der Waals surface area (Å²) in [5.74, 6) is 0.561. The van der Waals surface area contributed by atoms with Gasteiger partial charge in [-0.1, -0.05) is 24.9 Å². The Morgan fingerprint density at radius 3 is 2.40 bits per heavy atom. The molecule has 3 heteroatoms. The molecule has 1 aromatic carbocycles. The number of hydrogen-bond acceptors (Lipinski definition) is 2. The fraction of sp³-hybridized carbons (Fsp3) is 0.500. The van der Waals surface area contributed by atoms with E-state index in [4.69, 9.17) is 17.3 Å². The molecule has 0 aliphatic carbocycles. The highest BCUT2D eigenvalue weighted by Gasteiger charge is 2.08. The van der Waals surface area contributed by atoms with Crippen LogP contribution in [0.5, 0.6) is 0 Å². The molecule has 0 radical (unpaired) electrons. The largest absolute Gasteiger partial charge is 0.374 e. The molecule has 0 aliphatic rings. The van der Waals surface area contributed by atoms with Crippen LogP contribution in [-0.4, -0.2) is 20.1 Å². The predicted molar refractivity (Wildman–Crippen MR) is 67.6 cm³/mol. The number of nitrogens with two attached hydrogens (primary N) is 1. The third kappa shape index (κ3) is 3.73. The van der Waals surface area contributed by atoms with Crippen LogP contribution in [-0.2, 0) is 0 Å². The van der Waals surface area contributed by atoms with Gasteiger partial charge in [-0.05, 0) is 36.7 Å². The minimum atomic E-state index is 0.561. The Hall–Kier alpha value is -0.730. The maximum Gasteiger partial charge on any atom is 0.0407 e. The van der Waals surface area contributed by atoms with Crippen LogP contribution in [0.4, 0.5) is 5.69 Å². The molecule has 1 atom stereocenters. The average molecular weight is 227 g/mol. The molecule has 84 valence electrons. The first-order chi connectivity index (χ1) is 7.17. The highest BCUT2D eigenvalue weighted by Crippen LogP contribution is 2.18. The number of hydrogen-bond donors (Lipinski definition) is 1. The summed E-state index contributed by atoms with van der Waals surface area (Å²) >= 11 is 5.84. The molecular weight excluding hydrogens is 208 g/mol. The Morgan fingerprint density at radius 2 is 1.93 bits per heavy atom. The van der Waals surface area contributed by atoms with E-state index < -0.39 is 0 Å². The summed E-state index contributed by atoms with van der Waals surface area (Å²) in [7, 11) is 2.08. The summed E-state index contributed by atoms with van der Waals surface area (Å²) in [6.07, 6.45) is 1.12. The third-order valence-corrected chi connectivity index (χ3v) is 2.96. The lowest BCUT2D eigenvalue weighted by Gasteiger charge is -2.24. The van der Waals surface area contributed by atoms with Gasteiger partial charge in [-0.3, -0.25) is 0 Å². The fourth-order valence-corrected chi connectivity index (χ4v) is 1.68. The second kappa shape index (κ2) is 5.99. The number of nitrogens with zero attached hydrogens (tertiary/aromatic N) is 1. The minimum Gasteiger partial charge on any atom is -0.374 e. The summed E-state index contributed by atoms with van der Waals surface area (Å²) in [5.41, 5.74) is 6.87. The van der Waals surface area contributed by atoms with Crippen LogP contribution in [0.2, 0.25) is 5.02 Å². The molecule has 0 aromatic heterocycles. The van der Waals surface area contributed by atoms with Gasteiger partial charge in [0.05, 0.1) is 0 Å². The first-order valence-electron chi connectivity index (χ1n) is 5.34. The number of benzene rings is 1. The predicted octanol–water partition coefficient (Wildman–Crippen LogP) is 2.76. The first kappa shape index (κ1) is 12.3. The molecule has 0 amide bonds. The SMILES string of the molecule is CCC(CN)CN(C)c1ccc(Cl)cc1. The van der Waals surface area contributed by atoms with E-state index >= 15 is 0 Å². The number of halogens is 1. The molecule has 1 aromatic rings. The molecule has 0 saturated heterocycles. The second-order valence-electron chi connectivity index (χ2n) is 3.87. The molecule has 15 heavy (non-hydrogen) atoms. The highest BCUT2D eigenvalue weighted by atomic mass is 35.5. The molecular formula is C12H19ClN2. The molecule has 0 saturated carbocycles. The van der Waals surface area contributed by atoms with Gasteiger partial charge < -0.3 is 10.6 Å². The van der Waals surface area contributed by atoms with Crippen molar-refractivity contribution in [2.75, 3.05) is 25.0 Å². The molecule has 0 aliphatic heterocycles. The van der Waals surface area contributed by atoms with Gasteiger partial charge in [-0.15, -0.1) is 0 Å². The lowest BCUT2D eigenvalue weighted by molar-refractivity contribution is 0.521. The maximum atomic E-state index is 5.84. The van der Waals surface area contributed by atoms with Crippen molar-refractivity contribution >= 4 is 17.3 Å². The highest BCUT2D eigenvalue weighted by molar-refractivity contribution is 6.30. The van der Waals surface area contributed by atoms with Gasteiger partial charge in [-0.25, -0.2) is 0 Å². The Labute approximate surface area is 97.0 Å². The first-order valence-corrected chi connectivity index (χ1v) is 5.72. The van der Waals surface area contributed by atoms with Crippen molar-refractivity contribution in [1.29, 1.82) is 0 Å². The Balaban J connectivity index is 2.60. The molecule has 0 heterocycles. The van der Waals surface area contributed by atoms with E-state index in [1.165, 1.54) is 5.69 Å². The normalized spacial score (nSPS) is 12.5. The van der Waals surface area contributed by atoms with Crippen LogP contribution in [0.25, 0.3) is 0 Å². The van der Waals surface area contributed by atoms with Crippen molar-refractivity contribution in [3.05, 3.63) is 29.3 Å². The lowest BCUT2D eigenvalue weighted by atomic mass is 10.1. The van der Waals surface area contributed by atoms with E-state index in [-0.39, 0.29) is 0 Å². The van der Waals surface area contributed by atoms with Gasteiger partial charge in [0.2, 0.25) is 0 Å². The molecule has 1 unspecified atom stereocenters. The zero-order valence-corrected chi connectivity index (χ0v) is 10.2. The van der Waals surface area contributed by atoms with Crippen LogP contribution in [0.15, 0.2) is 24.3 Å². The van der Waals surface area contributed by atoms with Crippen molar-refractivity contribution < 1.29 is 0 Å². The summed E-state index contributed by atoms with van der Waals surface area (Å²) in [5, 5.41) is 0.776. The lowest BCUT2D eigenvalue weighted by Crippen LogP contribution is -2.29. The summed E-state index contributed by atoms with van der Waals surface area (Å²) in [4.78, 5) is 2.22. The number of anilines is 1. The topological polar surface area (TPSA) is 29.3 Å². The van der Waals surface area contributed by atoms with Crippen molar-refractivity contribution in [1.82, 2.24) is 0 Å². The molecule has 2 nitrogen and oxygen atoms in total. The number of rotatable bonds is 5. The van der Waals surface area contributed by atoms with Crippen LogP contribution in [0.3, 0.4) is 0 Å². The van der Waals surface area contributed by atoms with Crippen LogP contribution in [0, 0.1) is 5.92 Å². The summed E-state index contributed by atoms with van der Waals surface area (Å²) < 4.78 is 0. The molecule has 1 rings (SSSR count). The minimum absolute atomic E-state index is 0.561. The Morgan fingerprint density at radius 1 is 1.33 bits per heavy atom. The van der Waals surface area contributed by atoms with Gasteiger partial charge in [0.1, 0.15) is 0 Å². The summed E-state index contributed by atoms with van der Waals surface area (Å²) in [6, 6.07) is 7.89. The monoisotopic (exact) mass is 226 g/mol. The van der Waals surface area contributed by atoms with E-state index in [0.717, 1.165) is 24.5 Å². The molecule has 0 fully saturated rings. The zero-order valence-electron chi connectivity index (χ0n) is 9.41. The van der Waals surface area contributed by atoms with Crippen LogP contribution in [0.1, 0.15) is 13.3 Å². The van der Waals surface area contributed by atoms with Gasteiger partial charge >= 0.3 is 0 Å². The van der Waals surface area contributed by atoms with Gasteiger partial charge in [0.15, 0.2) is 0 Å². The van der Waals surface area contributed by atoms with Crippen molar-refractivity contribution in [3.63, 3.8) is 0 Å². The van der Waals surface area contributed by atoms with Gasteiger partial charge in [0.25, 0.3) is 0 Å². The van der Waals surface area contributed by atoms with E-state index in [2.05, 4.69) is 18.9 Å². The van der Waals surface area contributed by atoms with E-state index in [1.807, 2.05) is 24.3 Å². The molecule has 2 N–H and O–H groups in total. The van der Waals surface area contributed by atoms with E-state index in [1.54, 1.807) is 0 Å². The van der Waals surface area contributed by atoms with Crippen molar-refractivity contribution in [2.45, 2.75) is 13.3 Å². The van der Waals surface area contributed by atoms with Crippen molar-refractivity contribution in [2.24, 2.45) is 11.7 Å². The third-order valence-electron chi connectivity index (χ3n) is 2.71. The van der Waals surface area contributed by atoms with Gasteiger partial charge in [0, 0.05) is 24.3 Å². The molecule has 0 bridgehead atoms. The maximum absolute atomic E-state index is 5.84. The zero-order chi connectivity index (χ0) is 11.3. The Kier molecular flexibility index (Phi) is 4.92. The average Bonchev–Trinajstić information content (AvgIpc) is 2.26. The summed E-state index contributed by atoms with van der Waals surface area (Å²) in [6.45, 7) is 3.91. The van der Waals surface area contributed by atoms with E-state index in [0.29, 0.717) is 5.92 Å². The van der Waals surface area contributed by atoms with Crippen LogP contribution < -0.4 is 10.6 Å².